The number of unbranched alkanes of at least 4 members (excludes halogenated alkanes) is 1. The zero-order chi connectivity index (χ0) is 11.3. The molecular formula is C12H18ClNO. The predicted molar refractivity (Wildman–Crippen MR) is 64.5 cm³/mol. The fourth-order valence-corrected chi connectivity index (χ4v) is 1.77. The first-order valence-electron chi connectivity index (χ1n) is 5.28. The van der Waals surface area contributed by atoms with Gasteiger partial charge in [0, 0.05) is 6.04 Å². The van der Waals surface area contributed by atoms with Crippen LogP contribution in [0.4, 0.5) is 0 Å². The van der Waals surface area contributed by atoms with Gasteiger partial charge < -0.3 is 10.5 Å². The number of hydrogen-bond acceptors (Lipinski definition) is 2. The summed E-state index contributed by atoms with van der Waals surface area (Å²) < 4.78 is 5.09. The van der Waals surface area contributed by atoms with E-state index in [1.807, 2.05) is 18.2 Å². The average Bonchev–Trinajstić information content (AvgIpc) is 2.25. The molecule has 3 heteroatoms. The SMILES string of the molecule is CCCC[C@@H](N)c1ccc(OC)c(Cl)c1. The molecular weight excluding hydrogens is 210 g/mol. The van der Waals surface area contributed by atoms with Crippen LogP contribution in [0.2, 0.25) is 5.02 Å². The highest BCUT2D eigenvalue weighted by atomic mass is 35.5. The normalized spacial score (nSPS) is 12.5. The predicted octanol–water partition coefficient (Wildman–Crippen LogP) is 3.54. The van der Waals surface area contributed by atoms with Gasteiger partial charge in [-0.25, -0.2) is 0 Å². The number of nitrogens with two attached hydrogens (primary N) is 1. The van der Waals surface area contributed by atoms with Gasteiger partial charge in [-0.2, -0.15) is 0 Å². The van der Waals surface area contributed by atoms with E-state index in [-0.39, 0.29) is 6.04 Å². The van der Waals surface area contributed by atoms with Crippen LogP contribution in [0, 0.1) is 0 Å². The molecule has 0 radical (unpaired) electrons. The summed E-state index contributed by atoms with van der Waals surface area (Å²) in [5.74, 6) is 0.697. The maximum absolute atomic E-state index is 6.04. The number of methoxy groups -OCH3 is 1. The third-order valence-corrected chi connectivity index (χ3v) is 2.77. The fourth-order valence-electron chi connectivity index (χ4n) is 1.50. The van der Waals surface area contributed by atoms with E-state index in [4.69, 9.17) is 22.1 Å². The second-order valence-corrected chi connectivity index (χ2v) is 4.05. The Kier molecular flexibility index (Phi) is 4.92. The summed E-state index contributed by atoms with van der Waals surface area (Å²) >= 11 is 6.03. The number of benzene rings is 1. The Bertz CT molecular complexity index is 314. The Balaban J connectivity index is 2.73. The van der Waals surface area contributed by atoms with E-state index in [2.05, 4.69) is 6.92 Å². The molecule has 0 spiro atoms. The van der Waals surface area contributed by atoms with Gasteiger partial charge in [-0.3, -0.25) is 0 Å². The zero-order valence-electron chi connectivity index (χ0n) is 9.29. The van der Waals surface area contributed by atoms with Crippen molar-refractivity contribution in [1.29, 1.82) is 0 Å². The minimum absolute atomic E-state index is 0.0772. The molecule has 0 heterocycles. The Morgan fingerprint density at radius 1 is 1.47 bits per heavy atom. The summed E-state index contributed by atoms with van der Waals surface area (Å²) in [5.41, 5.74) is 7.12. The first-order valence-corrected chi connectivity index (χ1v) is 5.65. The van der Waals surface area contributed by atoms with Crippen LogP contribution in [-0.4, -0.2) is 7.11 Å². The number of halogens is 1. The summed E-state index contributed by atoms with van der Waals surface area (Å²) in [6, 6.07) is 5.81. The molecule has 1 atom stereocenters. The summed E-state index contributed by atoms with van der Waals surface area (Å²) in [6.07, 6.45) is 3.31. The molecule has 1 rings (SSSR count). The molecule has 0 bridgehead atoms. The fraction of sp³-hybridized carbons (Fsp3) is 0.500. The van der Waals surface area contributed by atoms with Gasteiger partial charge in [-0.05, 0) is 24.1 Å². The second kappa shape index (κ2) is 5.99. The van der Waals surface area contributed by atoms with Crippen LogP contribution in [0.15, 0.2) is 18.2 Å². The molecule has 0 fully saturated rings. The molecule has 0 saturated heterocycles. The molecule has 2 N–H and O–H groups in total. The molecule has 1 aromatic carbocycles. The van der Waals surface area contributed by atoms with Crippen molar-refractivity contribution in [3.63, 3.8) is 0 Å². The van der Waals surface area contributed by atoms with Crippen molar-refractivity contribution in [2.45, 2.75) is 32.2 Å². The molecule has 0 saturated carbocycles. The van der Waals surface area contributed by atoms with E-state index >= 15 is 0 Å². The van der Waals surface area contributed by atoms with Crippen LogP contribution >= 0.6 is 11.6 Å². The van der Waals surface area contributed by atoms with E-state index in [0.717, 1.165) is 24.8 Å². The van der Waals surface area contributed by atoms with Crippen LogP contribution in [-0.2, 0) is 0 Å². The molecule has 2 nitrogen and oxygen atoms in total. The Morgan fingerprint density at radius 3 is 2.73 bits per heavy atom. The number of ether oxygens (including phenoxy) is 1. The van der Waals surface area contributed by atoms with Crippen molar-refractivity contribution in [1.82, 2.24) is 0 Å². The Morgan fingerprint density at radius 2 is 2.20 bits per heavy atom. The highest BCUT2D eigenvalue weighted by molar-refractivity contribution is 6.32. The molecule has 84 valence electrons. The quantitative estimate of drug-likeness (QED) is 0.835. The third kappa shape index (κ3) is 3.40. The Labute approximate surface area is 96.4 Å². The van der Waals surface area contributed by atoms with Crippen molar-refractivity contribution in [3.8, 4) is 5.75 Å². The van der Waals surface area contributed by atoms with Gasteiger partial charge in [-0.1, -0.05) is 37.4 Å². The summed E-state index contributed by atoms with van der Waals surface area (Å²) in [5, 5.41) is 0.627. The highest BCUT2D eigenvalue weighted by Crippen LogP contribution is 2.28. The maximum Gasteiger partial charge on any atom is 0.137 e. The van der Waals surface area contributed by atoms with Gasteiger partial charge in [0.05, 0.1) is 12.1 Å². The lowest BCUT2D eigenvalue weighted by molar-refractivity contribution is 0.414. The topological polar surface area (TPSA) is 35.2 Å². The maximum atomic E-state index is 6.04. The number of rotatable bonds is 5. The van der Waals surface area contributed by atoms with E-state index in [9.17, 15) is 0 Å². The minimum Gasteiger partial charge on any atom is -0.495 e. The standard InChI is InChI=1S/C12H18ClNO/c1-3-4-5-11(14)9-6-7-12(15-2)10(13)8-9/h6-8,11H,3-5,14H2,1-2H3/t11-/m1/s1. The molecule has 0 unspecified atom stereocenters. The first kappa shape index (κ1) is 12.3. The minimum atomic E-state index is 0.0772. The van der Waals surface area contributed by atoms with Crippen LogP contribution in [0.1, 0.15) is 37.8 Å². The second-order valence-electron chi connectivity index (χ2n) is 3.64. The van der Waals surface area contributed by atoms with Crippen molar-refractivity contribution < 1.29 is 4.74 Å². The molecule has 1 aromatic rings. The largest absolute Gasteiger partial charge is 0.495 e. The molecule has 0 aliphatic heterocycles. The van der Waals surface area contributed by atoms with Gasteiger partial charge in [0.25, 0.3) is 0 Å². The van der Waals surface area contributed by atoms with E-state index in [0.29, 0.717) is 10.8 Å². The lowest BCUT2D eigenvalue weighted by Crippen LogP contribution is -2.09. The van der Waals surface area contributed by atoms with Crippen LogP contribution < -0.4 is 10.5 Å². The molecule has 15 heavy (non-hydrogen) atoms. The van der Waals surface area contributed by atoms with Crippen molar-refractivity contribution in [2.24, 2.45) is 5.73 Å². The molecule has 0 aliphatic carbocycles. The van der Waals surface area contributed by atoms with Crippen LogP contribution in [0.3, 0.4) is 0 Å². The van der Waals surface area contributed by atoms with Gasteiger partial charge in [0.2, 0.25) is 0 Å². The van der Waals surface area contributed by atoms with Crippen molar-refractivity contribution in [3.05, 3.63) is 28.8 Å². The summed E-state index contributed by atoms with van der Waals surface area (Å²) in [6.45, 7) is 2.16. The lowest BCUT2D eigenvalue weighted by atomic mass is 10.0. The highest BCUT2D eigenvalue weighted by Gasteiger charge is 2.08. The molecule has 0 aromatic heterocycles. The van der Waals surface area contributed by atoms with Crippen LogP contribution in [0.25, 0.3) is 0 Å². The van der Waals surface area contributed by atoms with E-state index in [1.54, 1.807) is 7.11 Å². The van der Waals surface area contributed by atoms with Gasteiger partial charge in [0.1, 0.15) is 5.75 Å². The first-order chi connectivity index (χ1) is 7.19. The van der Waals surface area contributed by atoms with Gasteiger partial charge in [-0.15, -0.1) is 0 Å². The summed E-state index contributed by atoms with van der Waals surface area (Å²) in [7, 11) is 1.61. The van der Waals surface area contributed by atoms with E-state index < -0.39 is 0 Å². The zero-order valence-corrected chi connectivity index (χ0v) is 10.1. The summed E-state index contributed by atoms with van der Waals surface area (Å²) in [4.78, 5) is 0. The van der Waals surface area contributed by atoms with E-state index in [1.165, 1.54) is 0 Å². The lowest BCUT2D eigenvalue weighted by Gasteiger charge is -2.12. The third-order valence-electron chi connectivity index (χ3n) is 2.47. The van der Waals surface area contributed by atoms with Gasteiger partial charge >= 0.3 is 0 Å². The average molecular weight is 228 g/mol. The van der Waals surface area contributed by atoms with Crippen LogP contribution in [0.5, 0.6) is 5.75 Å². The molecule has 0 amide bonds. The van der Waals surface area contributed by atoms with Crippen molar-refractivity contribution >= 4 is 11.6 Å². The number of hydrogen-bond donors (Lipinski definition) is 1. The molecule has 0 aliphatic rings. The smallest absolute Gasteiger partial charge is 0.137 e. The Hall–Kier alpha value is -0.730. The van der Waals surface area contributed by atoms with Crippen molar-refractivity contribution in [2.75, 3.05) is 7.11 Å². The van der Waals surface area contributed by atoms with Gasteiger partial charge in [0.15, 0.2) is 0 Å². The monoisotopic (exact) mass is 227 g/mol.